The van der Waals surface area contributed by atoms with Crippen LogP contribution in [-0.2, 0) is 21.3 Å². The number of anilines is 1. The average Bonchev–Trinajstić information content (AvgIpc) is 2.36. The molecule has 94 valence electrons. The molecule has 1 unspecified atom stereocenters. The highest BCUT2D eigenvalue weighted by Gasteiger charge is 2.21. The van der Waals surface area contributed by atoms with Crippen molar-refractivity contribution >= 4 is 32.4 Å². The van der Waals surface area contributed by atoms with E-state index in [1.54, 1.807) is 0 Å². The van der Waals surface area contributed by atoms with Gasteiger partial charge in [0.2, 0.25) is 0 Å². The van der Waals surface area contributed by atoms with Crippen LogP contribution >= 0.6 is 15.9 Å². The summed E-state index contributed by atoms with van der Waals surface area (Å²) in [6.45, 7) is 1.46. The van der Waals surface area contributed by atoms with Crippen molar-refractivity contribution in [2.45, 2.75) is 23.8 Å². The maximum atomic E-state index is 12.2. The number of nitrogen functional groups attached to an aromatic ring is 1. The van der Waals surface area contributed by atoms with Gasteiger partial charge in [-0.25, -0.2) is 0 Å². The molecule has 2 rings (SSSR count). The number of hydrogen-bond acceptors (Lipinski definition) is 3. The quantitative estimate of drug-likeness (QED) is 0.871. The number of hydrogen-bond donors (Lipinski definition) is 1. The van der Waals surface area contributed by atoms with Gasteiger partial charge in [-0.05, 0) is 40.4 Å². The van der Waals surface area contributed by atoms with Crippen LogP contribution < -0.4 is 5.73 Å². The summed E-state index contributed by atoms with van der Waals surface area (Å²) in [5, 5.41) is 0.261. The Kier molecular flexibility index (Phi) is 4.59. The first-order valence-corrected chi connectivity index (χ1v) is 7.84. The molecule has 1 atom stereocenters. The third kappa shape index (κ3) is 3.30. The number of nitrogens with two attached hydrogens (primary N) is 1. The molecule has 1 aromatic rings. The van der Waals surface area contributed by atoms with Gasteiger partial charge in [-0.1, -0.05) is 12.1 Å². The van der Waals surface area contributed by atoms with Crippen LogP contribution in [0.5, 0.6) is 0 Å². The normalized spacial score (nSPS) is 19.1. The van der Waals surface area contributed by atoms with Gasteiger partial charge >= 0.3 is 0 Å². The second kappa shape index (κ2) is 5.98. The fourth-order valence-corrected chi connectivity index (χ4v) is 4.01. The lowest BCUT2D eigenvalue weighted by Gasteiger charge is -2.21. The molecule has 0 saturated carbocycles. The minimum Gasteiger partial charge on any atom is -0.398 e. The summed E-state index contributed by atoms with van der Waals surface area (Å²) in [4.78, 5) is 0. The zero-order chi connectivity index (χ0) is 12.3. The first-order chi connectivity index (χ1) is 8.18. The Balaban J connectivity index is 2.04. The molecule has 3 nitrogen and oxygen atoms in total. The summed E-state index contributed by atoms with van der Waals surface area (Å²) in [6.07, 6.45) is 1.79. The van der Waals surface area contributed by atoms with Crippen LogP contribution in [0.3, 0.4) is 0 Å². The van der Waals surface area contributed by atoms with Crippen LogP contribution in [0.4, 0.5) is 5.69 Å². The molecule has 5 heteroatoms. The number of rotatable bonds is 3. The molecule has 0 amide bonds. The molecule has 2 N–H and O–H groups in total. The SMILES string of the molecule is Nc1cccc(CS(=O)C2CCOCC2)c1Br. The smallest absolute Gasteiger partial charge is 0.0500 e. The maximum Gasteiger partial charge on any atom is 0.0500 e. The Morgan fingerprint density at radius 2 is 2.12 bits per heavy atom. The topological polar surface area (TPSA) is 52.3 Å². The Bertz CT molecular complexity index is 419. The highest BCUT2D eigenvalue weighted by atomic mass is 79.9. The highest BCUT2D eigenvalue weighted by Crippen LogP contribution is 2.26. The number of benzene rings is 1. The van der Waals surface area contributed by atoms with Gasteiger partial charge in [0.15, 0.2) is 0 Å². The molecular weight excluding hydrogens is 302 g/mol. The van der Waals surface area contributed by atoms with E-state index in [1.165, 1.54) is 0 Å². The van der Waals surface area contributed by atoms with Crippen LogP contribution in [0.2, 0.25) is 0 Å². The van der Waals surface area contributed by atoms with E-state index < -0.39 is 10.8 Å². The molecule has 1 saturated heterocycles. The largest absolute Gasteiger partial charge is 0.398 e. The zero-order valence-corrected chi connectivity index (χ0v) is 11.9. The summed E-state index contributed by atoms with van der Waals surface area (Å²) >= 11 is 3.45. The molecule has 1 aliphatic rings. The lowest BCUT2D eigenvalue weighted by molar-refractivity contribution is 0.0992. The lowest BCUT2D eigenvalue weighted by atomic mass is 10.2. The van der Waals surface area contributed by atoms with Gasteiger partial charge < -0.3 is 10.5 Å². The van der Waals surface area contributed by atoms with Crippen LogP contribution in [0.1, 0.15) is 18.4 Å². The Morgan fingerprint density at radius 3 is 2.82 bits per heavy atom. The van der Waals surface area contributed by atoms with E-state index in [0.29, 0.717) is 11.4 Å². The molecule has 0 aromatic heterocycles. The maximum absolute atomic E-state index is 12.2. The molecule has 1 aliphatic heterocycles. The van der Waals surface area contributed by atoms with Gasteiger partial charge in [0, 0.05) is 45.2 Å². The van der Waals surface area contributed by atoms with Crippen molar-refractivity contribution in [2.75, 3.05) is 18.9 Å². The van der Waals surface area contributed by atoms with E-state index >= 15 is 0 Å². The van der Waals surface area contributed by atoms with E-state index in [-0.39, 0.29) is 5.25 Å². The molecule has 17 heavy (non-hydrogen) atoms. The van der Waals surface area contributed by atoms with Gasteiger partial charge in [0.25, 0.3) is 0 Å². The molecule has 0 spiro atoms. The lowest BCUT2D eigenvalue weighted by Crippen LogP contribution is -2.25. The fourth-order valence-electron chi connectivity index (χ4n) is 1.92. The van der Waals surface area contributed by atoms with Crippen LogP contribution in [-0.4, -0.2) is 22.7 Å². The molecule has 1 fully saturated rings. The van der Waals surface area contributed by atoms with Gasteiger partial charge in [-0.3, -0.25) is 4.21 Å². The van der Waals surface area contributed by atoms with Gasteiger partial charge in [0.05, 0.1) is 0 Å². The van der Waals surface area contributed by atoms with Gasteiger partial charge in [0.1, 0.15) is 0 Å². The highest BCUT2D eigenvalue weighted by molar-refractivity contribution is 9.10. The average molecular weight is 318 g/mol. The standard InChI is InChI=1S/C12H16BrNO2S/c13-12-9(2-1-3-11(12)14)8-17(15)10-4-6-16-7-5-10/h1-3,10H,4-8,14H2. The summed E-state index contributed by atoms with van der Waals surface area (Å²) in [5.74, 6) is 0.566. The third-order valence-corrected chi connectivity index (χ3v) is 5.72. The third-order valence-electron chi connectivity index (χ3n) is 2.95. The van der Waals surface area contributed by atoms with E-state index in [4.69, 9.17) is 10.5 Å². The van der Waals surface area contributed by atoms with E-state index in [0.717, 1.165) is 36.1 Å². The van der Waals surface area contributed by atoms with Crippen LogP contribution in [0.15, 0.2) is 22.7 Å². The van der Waals surface area contributed by atoms with E-state index in [2.05, 4.69) is 15.9 Å². The van der Waals surface area contributed by atoms with E-state index in [1.807, 2.05) is 18.2 Å². The molecule has 0 aliphatic carbocycles. The van der Waals surface area contributed by atoms with Crippen molar-refractivity contribution in [3.8, 4) is 0 Å². The summed E-state index contributed by atoms with van der Waals surface area (Å²) < 4.78 is 18.4. The van der Waals surface area contributed by atoms with Crippen LogP contribution in [0, 0.1) is 0 Å². The van der Waals surface area contributed by atoms with E-state index in [9.17, 15) is 4.21 Å². The first-order valence-electron chi connectivity index (χ1n) is 5.66. The predicted molar refractivity (Wildman–Crippen MR) is 74.2 cm³/mol. The monoisotopic (exact) mass is 317 g/mol. The second-order valence-electron chi connectivity index (χ2n) is 4.16. The predicted octanol–water partition coefficient (Wildman–Crippen LogP) is 2.46. The van der Waals surface area contributed by atoms with Crippen molar-refractivity contribution in [3.05, 3.63) is 28.2 Å². The number of halogens is 1. The van der Waals surface area contributed by atoms with Crippen molar-refractivity contribution in [1.82, 2.24) is 0 Å². The minimum absolute atomic E-state index is 0.261. The Morgan fingerprint density at radius 1 is 1.41 bits per heavy atom. The Hall–Kier alpha value is -0.390. The summed E-state index contributed by atoms with van der Waals surface area (Å²) in [7, 11) is -0.842. The second-order valence-corrected chi connectivity index (χ2v) is 6.67. The number of ether oxygens (including phenoxy) is 1. The fraction of sp³-hybridized carbons (Fsp3) is 0.500. The zero-order valence-electron chi connectivity index (χ0n) is 9.52. The summed E-state index contributed by atoms with van der Waals surface area (Å²) in [6, 6.07) is 5.71. The van der Waals surface area contributed by atoms with Gasteiger partial charge in [-0.2, -0.15) is 0 Å². The molecule has 0 bridgehead atoms. The first kappa shape index (κ1) is 13.1. The molecule has 1 aromatic carbocycles. The Labute approximate surface area is 112 Å². The minimum atomic E-state index is -0.842. The van der Waals surface area contributed by atoms with Crippen molar-refractivity contribution < 1.29 is 8.95 Å². The van der Waals surface area contributed by atoms with Crippen molar-refractivity contribution in [3.63, 3.8) is 0 Å². The summed E-state index contributed by atoms with van der Waals surface area (Å²) in [5.41, 5.74) is 7.53. The van der Waals surface area contributed by atoms with Gasteiger partial charge in [-0.15, -0.1) is 0 Å². The molecule has 1 heterocycles. The van der Waals surface area contributed by atoms with Crippen molar-refractivity contribution in [2.24, 2.45) is 0 Å². The molecular formula is C12H16BrNO2S. The van der Waals surface area contributed by atoms with Crippen LogP contribution in [0.25, 0.3) is 0 Å². The molecule has 0 radical (unpaired) electrons. The van der Waals surface area contributed by atoms with Crippen molar-refractivity contribution in [1.29, 1.82) is 0 Å².